The summed E-state index contributed by atoms with van der Waals surface area (Å²) in [6.45, 7) is 6.31. The first-order valence-corrected chi connectivity index (χ1v) is 10.5. The molecule has 2 fully saturated rings. The molecule has 1 aliphatic carbocycles. The lowest BCUT2D eigenvalue weighted by molar-refractivity contribution is -0.124. The average Bonchev–Trinajstić information content (AvgIpc) is 2.91. The highest BCUT2D eigenvalue weighted by Crippen LogP contribution is 2.37. The molecular weight excluding hydrogens is 348 g/mol. The van der Waals surface area contributed by atoms with E-state index in [9.17, 15) is 4.79 Å². The number of hydrogen-bond donors (Lipinski definition) is 0. The molecule has 0 radical (unpaired) electrons. The van der Waals surface area contributed by atoms with Crippen molar-refractivity contribution in [3.8, 4) is 0 Å². The lowest BCUT2D eigenvalue weighted by Gasteiger charge is -2.29. The van der Waals surface area contributed by atoms with E-state index in [0.29, 0.717) is 6.04 Å². The van der Waals surface area contributed by atoms with Crippen molar-refractivity contribution in [1.29, 1.82) is 0 Å². The molecule has 0 N–H and O–H groups in total. The number of anilines is 1. The highest BCUT2D eigenvalue weighted by molar-refractivity contribution is 8.26. The molecule has 1 aliphatic heterocycles. The van der Waals surface area contributed by atoms with Gasteiger partial charge in [0.1, 0.15) is 4.32 Å². The average molecular weight is 375 g/mol. The van der Waals surface area contributed by atoms with Crippen LogP contribution in [0.1, 0.15) is 51.5 Å². The molecular formula is C20H26N2OS2. The Morgan fingerprint density at radius 2 is 1.80 bits per heavy atom. The molecule has 25 heavy (non-hydrogen) atoms. The summed E-state index contributed by atoms with van der Waals surface area (Å²) in [5.74, 6) is 0.0923. The van der Waals surface area contributed by atoms with E-state index >= 15 is 0 Å². The standard InChI is InChI=1S/C20H26N2OS2/c1-3-21(4-2)16-12-10-15(11-13-16)14-18-19(23)22(20(24)25-18)17-8-6-5-7-9-17/h10-14,17H,3-9H2,1-2H3/b18-14-. The first kappa shape index (κ1) is 18.5. The maximum absolute atomic E-state index is 12.8. The molecule has 0 atom stereocenters. The molecule has 1 amide bonds. The van der Waals surface area contributed by atoms with E-state index in [1.165, 1.54) is 36.7 Å². The zero-order chi connectivity index (χ0) is 17.8. The summed E-state index contributed by atoms with van der Waals surface area (Å²) in [7, 11) is 0. The summed E-state index contributed by atoms with van der Waals surface area (Å²) in [5.41, 5.74) is 2.27. The van der Waals surface area contributed by atoms with Crippen LogP contribution in [0, 0.1) is 0 Å². The lowest BCUT2D eigenvalue weighted by atomic mass is 9.94. The fraction of sp³-hybridized carbons (Fsp3) is 0.500. The summed E-state index contributed by atoms with van der Waals surface area (Å²) in [6, 6.07) is 8.72. The summed E-state index contributed by atoms with van der Waals surface area (Å²) in [4.78, 5) is 17.8. The number of thiocarbonyl (C=S) groups is 1. The van der Waals surface area contributed by atoms with Crippen molar-refractivity contribution in [3.05, 3.63) is 34.7 Å². The van der Waals surface area contributed by atoms with E-state index in [1.807, 2.05) is 11.0 Å². The quantitative estimate of drug-likeness (QED) is 0.530. The third-order valence-electron chi connectivity index (χ3n) is 5.08. The zero-order valence-corrected chi connectivity index (χ0v) is 16.7. The molecule has 134 valence electrons. The Kier molecular flexibility index (Phi) is 6.18. The highest BCUT2D eigenvalue weighted by atomic mass is 32.2. The summed E-state index contributed by atoms with van der Waals surface area (Å²) >= 11 is 6.95. The normalized spacial score (nSPS) is 20.6. The van der Waals surface area contributed by atoms with Crippen LogP contribution < -0.4 is 4.90 Å². The van der Waals surface area contributed by atoms with Crippen LogP contribution in [-0.4, -0.2) is 34.3 Å². The fourth-order valence-corrected chi connectivity index (χ4v) is 5.06. The zero-order valence-electron chi connectivity index (χ0n) is 15.0. The number of thioether (sulfide) groups is 1. The van der Waals surface area contributed by atoms with Crippen LogP contribution in [0.2, 0.25) is 0 Å². The molecule has 2 aliphatic rings. The van der Waals surface area contributed by atoms with Crippen LogP contribution in [0.4, 0.5) is 5.69 Å². The van der Waals surface area contributed by atoms with Gasteiger partial charge < -0.3 is 4.90 Å². The van der Waals surface area contributed by atoms with Gasteiger partial charge >= 0.3 is 0 Å². The molecule has 1 aromatic carbocycles. The number of rotatable bonds is 5. The molecule has 1 saturated carbocycles. The Hall–Kier alpha value is -1.33. The molecule has 1 aromatic rings. The number of nitrogens with zero attached hydrogens (tertiary/aromatic N) is 2. The van der Waals surface area contributed by atoms with Crippen LogP contribution in [0.3, 0.4) is 0 Å². The number of carbonyl (C=O) groups excluding carboxylic acids is 1. The molecule has 0 unspecified atom stereocenters. The molecule has 0 spiro atoms. The smallest absolute Gasteiger partial charge is 0.266 e. The van der Waals surface area contributed by atoms with Gasteiger partial charge in [-0.05, 0) is 50.5 Å². The van der Waals surface area contributed by atoms with Crippen molar-refractivity contribution < 1.29 is 4.79 Å². The topological polar surface area (TPSA) is 23.6 Å². The van der Waals surface area contributed by atoms with E-state index in [0.717, 1.165) is 40.7 Å². The van der Waals surface area contributed by atoms with Gasteiger partial charge in [-0.25, -0.2) is 0 Å². The highest BCUT2D eigenvalue weighted by Gasteiger charge is 2.37. The minimum atomic E-state index is 0.0923. The Balaban J connectivity index is 1.75. The molecule has 0 aromatic heterocycles. The summed E-state index contributed by atoms with van der Waals surface area (Å²) < 4.78 is 0.725. The van der Waals surface area contributed by atoms with Gasteiger partial charge in [0.25, 0.3) is 5.91 Å². The number of hydrogen-bond acceptors (Lipinski definition) is 4. The molecule has 0 bridgehead atoms. The number of benzene rings is 1. The number of amides is 1. The van der Waals surface area contributed by atoms with Crippen molar-refractivity contribution in [3.63, 3.8) is 0 Å². The van der Waals surface area contributed by atoms with Crippen molar-refractivity contribution >= 4 is 46.0 Å². The van der Waals surface area contributed by atoms with Crippen LogP contribution in [-0.2, 0) is 4.79 Å². The fourth-order valence-electron chi connectivity index (χ4n) is 3.66. The van der Waals surface area contributed by atoms with E-state index in [1.54, 1.807) is 0 Å². The molecule has 5 heteroatoms. The van der Waals surface area contributed by atoms with Crippen LogP contribution in [0.15, 0.2) is 29.2 Å². The van der Waals surface area contributed by atoms with E-state index < -0.39 is 0 Å². The van der Waals surface area contributed by atoms with Gasteiger partial charge in [0.2, 0.25) is 0 Å². The Bertz CT molecular complexity index is 659. The van der Waals surface area contributed by atoms with Crippen molar-refractivity contribution in [2.24, 2.45) is 0 Å². The first-order valence-electron chi connectivity index (χ1n) is 9.26. The van der Waals surface area contributed by atoms with E-state index in [2.05, 4.69) is 43.0 Å². The van der Waals surface area contributed by atoms with Crippen molar-refractivity contribution in [1.82, 2.24) is 4.90 Å². The predicted octanol–water partition coefficient (Wildman–Crippen LogP) is 5.07. The Morgan fingerprint density at radius 3 is 2.40 bits per heavy atom. The summed E-state index contributed by atoms with van der Waals surface area (Å²) in [6.07, 6.45) is 7.83. The third kappa shape index (κ3) is 4.09. The molecule has 3 nitrogen and oxygen atoms in total. The van der Waals surface area contributed by atoms with Gasteiger partial charge in [-0.15, -0.1) is 0 Å². The number of carbonyl (C=O) groups is 1. The van der Waals surface area contributed by atoms with Gasteiger partial charge in [-0.2, -0.15) is 0 Å². The molecule has 3 rings (SSSR count). The third-order valence-corrected chi connectivity index (χ3v) is 6.41. The van der Waals surface area contributed by atoms with E-state index in [-0.39, 0.29) is 5.91 Å². The largest absolute Gasteiger partial charge is 0.372 e. The molecule has 1 saturated heterocycles. The van der Waals surface area contributed by atoms with Gasteiger partial charge in [0.05, 0.1) is 4.91 Å². The van der Waals surface area contributed by atoms with Crippen molar-refractivity contribution in [2.75, 3.05) is 18.0 Å². The maximum atomic E-state index is 12.8. The lowest BCUT2D eigenvalue weighted by Crippen LogP contribution is -2.39. The Morgan fingerprint density at radius 1 is 1.16 bits per heavy atom. The second kappa shape index (κ2) is 8.37. The monoisotopic (exact) mass is 374 g/mol. The first-order chi connectivity index (χ1) is 12.1. The minimum Gasteiger partial charge on any atom is -0.372 e. The van der Waals surface area contributed by atoms with Crippen LogP contribution >= 0.6 is 24.0 Å². The summed E-state index contributed by atoms with van der Waals surface area (Å²) in [5, 5.41) is 0. The van der Waals surface area contributed by atoms with Crippen molar-refractivity contribution in [2.45, 2.75) is 52.0 Å². The van der Waals surface area contributed by atoms with Gasteiger partial charge in [0, 0.05) is 24.8 Å². The molecule has 1 heterocycles. The SMILES string of the molecule is CCN(CC)c1ccc(/C=C2\SC(=S)N(C3CCCCC3)C2=O)cc1. The van der Waals surface area contributed by atoms with E-state index in [4.69, 9.17) is 12.2 Å². The maximum Gasteiger partial charge on any atom is 0.266 e. The van der Waals surface area contributed by atoms with Gasteiger partial charge in [0.15, 0.2) is 0 Å². The van der Waals surface area contributed by atoms with Crippen LogP contribution in [0.5, 0.6) is 0 Å². The predicted molar refractivity (Wildman–Crippen MR) is 112 cm³/mol. The second-order valence-electron chi connectivity index (χ2n) is 6.61. The van der Waals surface area contributed by atoms with Gasteiger partial charge in [-0.1, -0.05) is 55.4 Å². The Labute approximate surface area is 160 Å². The minimum absolute atomic E-state index is 0.0923. The second-order valence-corrected chi connectivity index (χ2v) is 8.28. The van der Waals surface area contributed by atoms with Gasteiger partial charge in [-0.3, -0.25) is 9.69 Å². The van der Waals surface area contributed by atoms with Crippen LogP contribution in [0.25, 0.3) is 6.08 Å².